The summed E-state index contributed by atoms with van der Waals surface area (Å²) < 4.78 is 1.81. The van der Waals surface area contributed by atoms with Crippen LogP contribution in [0.15, 0.2) is 0 Å². The van der Waals surface area contributed by atoms with Crippen LogP contribution < -0.4 is 5.73 Å². The Morgan fingerprint density at radius 1 is 1.73 bits per heavy atom. The zero-order valence-electron chi connectivity index (χ0n) is 6.76. The van der Waals surface area contributed by atoms with Gasteiger partial charge in [0.05, 0.1) is 5.69 Å². The fourth-order valence-corrected chi connectivity index (χ4v) is 1.10. The average Bonchev–Trinajstić information content (AvgIpc) is 2.24. The lowest BCUT2D eigenvalue weighted by molar-refractivity contribution is 0.764. The van der Waals surface area contributed by atoms with Crippen molar-refractivity contribution < 1.29 is 0 Å². The number of aromatic nitrogens is 2. The van der Waals surface area contributed by atoms with Gasteiger partial charge >= 0.3 is 0 Å². The van der Waals surface area contributed by atoms with E-state index in [-0.39, 0.29) is 0 Å². The van der Waals surface area contributed by atoms with Crippen molar-refractivity contribution in [3.05, 3.63) is 11.4 Å². The number of hydrogen-bond donors (Lipinski definition) is 1. The number of nitrogen functional groups attached to an aromatic ring is 1. The van der Waals surface area contributed by atoms with Crippen LogP contribution in [0.2, 0.25) is 0 Å². The van der Waals surface area contributed by atoms with Gasteiger partial charge in [0.15, 0.2) is 0 Å². The lowest BCUT2D eigenvalue weighted by atomic mass is 10.3. The largest absolute Gasteiger partial charge is 0.369 e. The SMILES string of the molecule is C#Cc1c(C)nc(N)n1CC. The van der Waals surface area contributed by atoms with Gasteiger partial charge in [0.25, 0.3) is 0 Å². The van der Waals surface area contributed by atoms with Crippen LogP contribution in [0.25, 0.3) is 0 Å². The number of hydrogen-bond acceptors (Lipinski definition) is 2. The molecule has 0 amide bonds. The molecule has 1 heterocycles. The molecule has 3 nitrogen and oxygen atoms in total. The number of anilines is 1. The van der Waals surface area contributed by atoms with Gasteiger partial charge in [-0.25, -0.2) is 4.98 Å². The maximum Gasteiger partial charge on any atom is 0.201 e. The molecule has 2 N–H and O–H groups in total. The minimum atomic E-state index is 0.498. The summed E-state index contributed by atoms with van der Waals surface area (Å²) in [5, 5.41) is 0. The van der Waals surface area contributed by atoms with Gasteiger partial charge in [-0.2, -0.15) is 0 Å². The molecule has 1 rings (SSSR count). The molecule has 0 aromatic carbocycles. The highest BCUT2D eigenvalue weighted by Gasteiger charge is 2.06. The summed E-state index contributed by atoms with van der Waals surface area (Å²) in [6, 6.07) is 0. The molecule has 1 aromatic heterocycles. The second-order valence-corrected chi connectivity index (χ2v) is 2.29. The van der Waals surface area contributed by atoms with E-state index >= 15 is 0 Å². The van der Waals surface area contributed by atoms with Crippen LogP contribution >= 0.6 is 0 Å². The molecule has 0 bridgehead atoms. The fourth-order valence-electron chi connectivity index (χ4n) is 1.10. The molecule has 0 aliphatic carbocycles. The lowest BCUT2D eigenvalue weighted by Crippen LogP contribution is -2.02. The Bertz CT molecular complexity index is 304. The molecular weight excluding hydrogens is 138 g/mol. The van der Waals surface area contributed by atoms with Crippen molar-refractivity contribution in [2.75, 3.05) is 5.73 Å². The van der Waals surface area contributed by atoms with Gasteiger partial charge < -0.3 is 10.3 Å². The van der Waals surface area contributed by atoms with E-state index in [2.05, 4.69) is 10.9 Å². The van der Waals surface area contributed by atoms with E-state index in [1.54, 1.807) is 0 Å². The van der Waals surface area contributed by atoms with Crippen LogP contribution in [0.4, 0.5) is 5.95 Å². The van der Waals surface area contributed by atoms with E-state index in [1.165, 1.54) is 0 Å². The van der Waals surface area contributed by atoms with Crippen LogP contribution in [0.1, 0.15) is 18.3 Å². The normalized spacial score (nSPS) is 9.55. The summed E-state index contributed by atoms with van der Waals surface area (Å²) >= 11 is 0. The highest BCUT2D eigenvalue weighted by atomic mass is 15.2. The predicted octanol–water partition coefficient (Wildman–Crippen LogP) is 0.775. The molecule has 58 valence electrons. The second kappa shape index (κ2) is 2.67. The summed E-state index contributed by atoms with van der Waals surface area (Å²) in [4.78, 5) is 4.05. The van der Waals surface area contributed by atoms with Crippen molar-refractivity contribution in [1.82, 2.24) is 9.55 Å². The van der Waals surface area contributed by atoms with Crippen molar-refractivity contribution >= 4 is 5.95 Å². The fraction of sp³-hybridized carbons (Fsp3) is 0.375. The standard InChI is InChI=1S/C8H11N3/c1-4-7-6(3)10-8(9)11(7)5-2/h1H,5H2,2-3H3,(H2,9,10). The number of terminal acetylenes is 1. The highest BCUT2D eigenvalue weighted by Crippen LogP contribution is 2.10. The Kier molecular flexibility index (Phi) is 1.86. The van der Waals surface area contributed by atoms with E-state index in [9.17, 15) is 0 Å². The first-order valence-corrected chi connectivity index (χ1v) is 3.50. The molecule has 0 aliphatic heterocycles. The van der Waals surface area contributed by atoms with Gasteiger partial charge in [-0.15, -0.1) is 6.42 Å². The minimum Gasteiger partial charge on any atom is -0.369 e. The lowest BCUT2D eigenvalue weighted by Gasteiger charge is -2.00. The quantitative estimate of drug-likeness (QED) is 0.599. The zero-order valence-corrected chi connectivity index (χ0v) is 6.76. The second-order valence-electron chi connectivity index (χ2n) is 2.29. The van der Waals surface area contributed by atoms with E-state index in [0.717, 1.165) is 17.9 Å². The molecule has 11 heavy (non-hydrogen) atoms. The van der Waals surface area contributed by atoms with Crippen molar-refractivity contribution in [3.63, 3.8) is 0 Å². The van der Waals surface area contributed by atoms with E-state index in [1.807, 2.05) is 18.4 Å². The number of nitrogens with two attached hydrogens (primary N) is 1. The van der Waals surface area contributed by atoms with Crippen LogP contribution in [-0.2, 0) is 6.54 Å². The molecular formula is C8H11N3. The Hall–Kier alpha value is -1.43. The maximum atomic E-state index is 5.58. The third-order valence-electron chi connectivity index (χ3n) is 1.62. The van der Waals surface area contributed by atoms with Gasteiger partial charge in [-0.3, -0.25) is 0 Å². The summed E-state index contributed by atoms with van der Waals surface area (Å²) in [6.07, 6.45) is 5.27. The van der Waals surface area contributed by atoms with Gasteiger partial charge in [-0.05, 0) is 13.8 Å². The first-order valence-electron chi connectivity index (χ1n) is 3.50. The summed E-state index contributed by atoms with van der Waals surface area (Å²) in [6.45, 7) is 4.61. The molecule has 0 atom stereocenters. The molecule has 0 aliphatic rings. The molecule has 0 radical (unpaired) electrons. The molecule has 0 saturated heterocycles. The first-order chi connectivity index (χ1) is 5.20. The first kappa shape index (κ1) is 7.67. The van der Waals surface area contributed by atoms with Gasteiger partial charge in [0, 0.05) is 6.54 Å². The molecule has 1 aromatic rings. The van der Waals surface area contributed by atoms with Crippen LogP contribution in [0.5, 0.6) is 0 Å². The van der Waals surface area contributed by atoms with E-state index in [0.29, 0.717) is 5.95 Å². The Labute approximate surface area is 66.2 Å². The van der Waals surface area contributed by atoms with Crippen LogP contribution in [-0.4, -0.2) is 9.55 Å². The van der Waals surface area contributed by atoms with Crippen molar-refractivity contribution in [1.29, 1.82) is 0 Å². The zero-order chi connectivity index (χ0) is 8.43. The predicted molar refractivity (Wildman–Crippen MR) is 45.0 cm³/mol. The number of nitrogens with zero attached hydrogens (tertiary/aromatic N) is 2. The number of imidazole rings is 1. The Morgan fingerprint density at radius 3 is 2.73 bits per heavy atom. The Morgan fingerprint density at radius 2 is 2.36 bits per heavy atom. The van der Waals surface area contributed by atoms with Crippen LogP contribution in [0.3, 0.4) is 0 Å². The van der Waals surface area contributed by atoms with Gasteiger partial charge in [0.1, 0.15) is 5.69 Å². The van der Waals surface area contributed by atoms with Crippen molar-refractivity contribution in [3.8, 4) is 12.3 Å². The molecule has 0 saturated carbocycles. The third-order valence-corrected chi connectivity index (χ3v) is 1.62. The van der Waals surface area contributed by atoms with Gasteiger partial charge in [-0.1, -0.05) is 5.92 Å². The molecule has 3 heteroatoms. The smallest absolute Gasteiger partial charge is 0.201 e. The molecule has 0 spiro atoms. The number of rotatable bonds is 1. The number of aryl methyl sites for hydroxylation is 1. The summed E-state index contributed by atoms with van der Waals surface area (Å²) in [5.74, 6) is 3.05. The summed E-state index contributed by atoms with van der Waals surface area (Å²) in [5.41, 5.74) is 7.19. The van der Waals surface area contributed by atoms with E-state index < -0.39 is 0 Å². The molecule has 0 unspecified atom stereocenters. The minimum absolute atomic E-state index is 0.498. The topological polar surface area (TPSA) is 43.8 Å². The maximum absolute atomic E-state index is 5.58. The van der Waals surface area contributed by atoms with E-state index in [4.69, 9.17) is 12.2 Å². The Balaban J connectivity index is 3.31. The van der Waals surface area contributed by atoms with Crippen LogP contribution in [0, 0.1) is 19.3 Å². The summed E-state index contributed by atoms with van der Waals surface area (Å²) in [7, 11) is 0. The molecule has 0 fully saturated rings. The average molecular weight is 149 g/mol. The van der Waals surface area contributed by atoms with Gasteiger partial charge in [0.2, 0.25) is 5.95 Å². The highest BCUT2D eigenvalue weighted by molar-refractivity contribution is 5.38. The van der Waals surface area contributed by atoms with Crippen molar-refractivity contribution in [2.24, 2.45) is 0 Å². The van der Waals surface area contributed by atoms with Crippen molar-refractivity contribution in [2.45, 2.75) is 20.4 Å². The monoisotopic (exact) mass is 149 g/mol. The third kappa shape index (κ3) is 1.07.